The van der Waals surface area contributed by atoms with Crippen LogP contribution in [0.3, 0.4) is 0 Å². The summed E-state index contributed by atoms with van der Waals surface area (Å²) in [5, 5.41) is 18.8. The summed E-state index contributed by atoms with van der Waals surface area (Å²) in [6.45, 7) is 0. The predicted octanol–water partition coefficient (Wildman–Crippen LogP) is 4.32. The van der Waals surface area contributed by atoms with Crippen molar-refractivity contribution in [2.24, 2.45) is 0 Å². The second-order valence-electron chi connectivity index (χ2n) is 6.25. The van der Waals surface area contributed by atoms with Gasteiger partial charge in [-0.2, -0.15) is 5.26 Å². The molecule has 3 aromatic rings. The molecule has 0 bridgehead atoms. The van der Waals surface area contributed by atoms with Gasteiger partial charge < -0.3 is 4.74 Å². The lowest BCUT2D eigenvalue weighted by atomic mass is 10.2. The highest BCUT2D eigenvalue weighted by Crippen LogP contribution is 2.41. The van der Waals surface area contributed by atoms with Crippen molar-refractivity contribution in [2.75, 3.05) is 7.11 Å². The smallest absolute Gasteiger partial charge is 0.196 e. The number of ether oxygens (including phenoxy) is 1. The Hall–Kier alpha value is -2.78. The number of nitrogens with zero attached hydrogens (tertiary/aromatic N) is 4. The Morgan fingerprint density at radius 1 is 1.19 bits per heavy atom. The normalized spacial score (nSPS) is 13.4. The summed E-state index contributed by atoms with van der Waals surface area (Å²) >= 11 is 1.64. The molecule has 0 N–H and O–H groups in total. The maximum Gasteiger partial charge on any atom is 0.196 e. The van der Waals surface area contributed by atoms with Crippen molar-refractivity contribution in [2.45, 2.75) is 29.7 Å². The third-order valence-corrected chi connectivity index (χ3v) is 5.36. The summed E-state index contributed by atoms with van der Waals surface area (Å²) < 4.78 is 7.41. The van der Waals surface area contributed by atoms with E-state index in [0.717, 1.165) is 33.7 Å². The SMILES string of the molecule is COc1ccc(-n2c(SCc3cccc(C#N)c3)nnc2C2CC2)cc1. The van der Waals surface area contributed by atoms with E-state index >= 15 is 0 Å². The molecule has 0 amide bonds. The highest BCUT2D eigenvalue weighted by Gasteiger charge is 2.31. The van der Waals surface area contributed by atoms with Gasteiger partial charge in [0.2, 0.25) is 0 Å². The fourth-order valence-electron chi connectivity index (χ4n) is 2.83. The Morgan fingerprint density at radius 2 is 2.00 bits per heavy atom. The first kappa shape index (κ1) is 16.7. The molecular weight excluding hydrogens is 344 g/mol. The average molecular weight is 362 g/mol. The topological polar surface area (TPSA) is 63.7 Å². The second kappa shape index (κ2) is 7.22. The molecule has 6 heteroatoms. The molecule has 0 atom stereocenters. The lowest BCUT2D eigenvalue weighted by molar-refractivity contribution is 0.414. The molecule has 0 aliphatic heterocycles. The molecule has 1 aromatic heterocycles. The van der Waals surface area contributed by atoms with E-state index in [-0.39, 0.29) is 0 Å². The van der Waals surface area contributed by atoms with E-state index in [2.05, 4.69) is 20.8 Å². The monoisotopic (exact) mass is 362 g/mol. The summed E-state index contributed by atoms with van der Waals surface area (Å²) in [5.41, 5.74) is 2.83. The van der Waals surface area contributed by atoms with E-state index in [1.54, 1.807) is 18.9 Å². The second-order valence-corrected chi connectivity index (χ2v) is 7.19. The lowest BCUT2D eigenvalue weighted by Gasteiger charge is -2.10. The molecule has 1 aliphatic carbocycles. The molecule has 0 radical (unpaired) electrons. The van der Waals surface area contributed by atoms with Gasteiger partial charge in [-0.15, -0.1) is 10.2 Å². The number of rotatable bonds is 6. The lowest BCUT2D eigenvalue weighted by Crippen LogP contribution is -2.02. The van der Waals surface area contributed by atoms with Crippen LogP contribution in [0.5, 0.6) is 5.75 Å². The van der Waals surface area contributed by atoms with E-state index in [1.165, 1.54) is 12.8 Å². The van der Waals surface area contributed by atoms with Gasteiger partial charge in [-0.25, -0.2) is 0 Å². The van der Waals surface area contributed by atoms with Crippen molar-refractivity contribution < 1.29 is 4.74 Å². The molecule has 1 heterocycles. The molecule has 1 saturated carbocycles. The molecule has 0 saturated heterocycles. The fourth-order valence-corrected chi connectivity index (χ4v) is 3.74. The first-order valence-electron chi connectivity index (χ1n) is 8.50. The molecule has 130 valence electrons. The van der Waals surface area contributed by atoms with Crippen LogP contribution in [-0.2, 0) is 5.75 Å². The van der Waals surface area contributed by atoms with Crippen LogP contribution in [0.2, 0.25) is 0 Å². The van der Waals surface area contributed by atoms with Crippen molar-refractivity contribution in [3.63, 3.8) is 0 Å². The zero-order valence-electron chi connectivity index (χ0n) is 14.4. The Bertz CT molecular complexity index is 955. The number of hydrogen-bond donors (Lipinski definition) is 0. The quantitative estimate of drug-likeness (QED) is 0.611. The first-order valence-corrected chi connectivity index (χ1v) is 9.48. The van der Waals surface area contributed by atoms with Gasteiger partial charge in [-0.1, -0.05) is 23.9 Å². The summed E-state index contributed by atoms with van der Waals surface area (Å²) in [7, 11) is 1.67. The molecule has 0 spiro atoms. The van der Waals surface area contributed by atoms with Gasteiger partial charge >= 0.3 is 0 Å². The standard InChI is InChI=1S/C20H18N4OS/c1-25-18-9-7-17(8-10-18)24-19(16-5-6-16)22-23-20(24)26-13-15-4-2-3-14(11-15)12-21/h2-4,7-11,16H,5-6,13H2,1H3. The van der Waals surface area contributed by atoms with Gasteiger partial charge in [0.05, 0.1) is 18.7 Å². The zero-order chi connectivity index (χ0) is 17.9. The van der Waals surface area contributed by atoms with Gasteiger partial charge in [-0.3, -0.25) is 4.57 Å². The van der Waals surface area contributed by atoms with Crippen LogP contribution in [0.1, 0.15) is 35.7 Å². The molecule has 1 aliphatic rings. The van der Waals surface area contributed by atoms with E-state index in [9.17, 15) is 0 Å². The minimum atomic E-state index is 0.501. The van der Waals surface area contributed by atoms with E-state index in [0.29, 0.717) is 11.5 Å². The summed E-state index contributed by atoms with van der Waals surface area (Å²) in [5.74, 6) is 3.11. The third-order valence-electron chi connectivity index (χ3n) is 4.36. The number of methoxy groups -OCH3 is 1. The van der Waals surface area contributed by atoms with Gasteiger partial charge in [0, 0.05) is 17.4 Å². The van der Waals surface area contributed by atoms with E-state index in [4.69, 9.17) is 10.00 Å². The maximum atomic E-state index is 9.06. The van der Waals surface area contributed by atoms with Crippen LogP contribution < -0.4 is 4.74 Å². The minimum Gasteiger partial charge on any atom is -0.497 e. The molecular formula is C20H18N4OS. The predicted molar refractivity (Wildman–Crippen MR) is 101 cm³/mol. The Balaban J connectivity index is 1.62. The molecule has 0 unspecified atom stereocenters. The highest BCUT2D eigenvalue weighted by atomic mass is 32.2. The molecule has 1 fully saturated rings. The van der Waals surface area contributed by atoms with Crippen LogP contribution in [0.15, 0.2) is 53.7 Å². The summed E-state index contributed by atoms with van der Waals surface area (Å²) in [6, 6.07) is 17.9. The fraction of sp³-hybridized carbons (Fsp3) is 0.250. The van der Waals surface area contributed by atoms with Crippen molar-refractivity contribution in [3.05, 3.63) is 65.5 Å². The maximum absolute atomic E-state index is 9.06. The van der Waals surface area contributed by atoms with Crippen molar-refractivity contribution in [3.8, 4) is 17.5 Å². The van der Waals surface area contributed by atoms with Crippen LogP contribution in [0, 0.1) is 11.3 Å². The summed E-state index contributed by atoms with van der Waals surface area (Å²) in [6.07, 6.45) is 2.34. The highest BCUT2D eigenvalue weighted by molar-refractivity contribution is 7.98. The molecule has 26 heavy (non-hydrogen) atoms. The van der Waals surface area contributed by atoms with Gasteiger partial charge in [0.15, 0.2) is 5.16 Å². The van der Waals surface area contributed by atoms with Gasteiger partial charge in [-0.05, 0) is 54.8 Å². The van der Waals surface area contributed by atoms with Crippen LogP contribution in [-0.4, -0.2) is 21.9 Å². The van der Waals surface area contributed by atoms with Crippen LogP contribution in [0.4, 0.5) is 0 Å². The van der Waals surface area contributed by atoms with E-state index < -0.39 is 0 Å². The molecule has 2 aromatic carbocycles. The first-order chi connectivity index (χ1) is 12.8. The van der Waals surface area contributed by atoms with Gasteiger partial charge in [0.25, 0.3) is 0 Å². The Labute approximate surface area is 156 Å². The average Bonchev–Trinajstić information content (AvgIpc) is 3.46. The number of hydrogen-bond acceptors (Lipinski definition) is 5. The number of thioether (sulfide) groups is 1. The third kappa shape index (κ3) is 3.44. The largest absolute Gasteiger partial charge is 0.497 e. The van der Waals surface area contributed by atoms with Crippen LogP contribution >= 0.6 is 11.8 Å². The number of aromatic nitrogens is 3. The van der Waals surface area contributed by atoms with Crippen molar-refractivity contribution in [1.29, 1.82) is 5.26 Å². The number of nitriles is 1. The van der Waals surface area contributed by atoms with E-state index in [1.807, 2.05) is 48.5 Å². The molecule has 5 nitrogen and oxygen atoms in total. The summed E-state index contributed by atoms with van der Waals surface area (Å²) in [4.78, 5) is 0. The van der Waals surface area contributed by atoms with Crippen molar-refractivity contribution >= 4 is 11.8 Å². The Morgan fingerprint density at radius 3 is 2.69 bits per heavy atom. The van der Waals surface area contributed by atoms with Crippen molar-refractivity contribution in [1.82, 2.24) is 14.8 Å². The van der Waals surface area contributed by atoms with Gasteiger partial charge in [0.1, 0.15) is 11.6 Å². The minimum absolute atomic E-state index is 0.501. The molecule has 4 rings (SSSR count). The Kier molecular flexibility index (Phi) is 4.63. The van der Waals surface area contributed by atoms with Crippen LogP contribution in [0.25, 0.3) is 5.69 Å². The number of benzene rings is 2. The zero-order valence-corrected chi connectivity index (χ0v) is 15.2.